The lowest BCUT2D eigenvalue weighted by molar-refractivity contribution is -0.0400. The maximum absolute atomic E-state index is 12.6. The number of benzene rings is 2. The Morgan fingerprint density at radius 3 is 2.88 bits per heavy atom. The second kappa shape index (κ2) is 6.08. The van der Waals surface area contributed by atoms with E-state index in [-0.39, 0.29) is 12.0 Å². The van der Waals surface area contributed by atoms with Crippen LogP contribution in [0.2, 0.25) is 5.02 Å². The summed E-state index contributed by atoms with van der Waals surface area (Å²) in [7, 11) is 0. The van der Waals surface area contributed by atoms with Crippen molar-refractivity contribution in [2.75, 3.05) is 18.4 Å². The Morgan fingerprint density at radius 2 is 2.04 bits per heavy atom. The van der Waals surface area contributed by atoms with Gasteiger partial charge >= 0.3 is 12.0 Å². The Kier molecular flexibility index (Phi) is 3.88. The number of anilines is 1. The zero-order valence-corrected chi connectivity index (χ0v) is 14.3. The van der Waals surface area contributed by atoms with Crippen LogP contribution in [0, 0.1) is 0 Å². The summed E-state index contributed by atoms with van der Waals surface area (Å²) in [4.78, 5) is 26.5. The minimum absolute atomic E-state index is 0.221. The first kappa shape index (κ1) is 16.0. The Labute approximate surface area is 150 Å². The normalized spacial score (nSPS) is 21.8. The Morgan fingerprint density at radius 1 is 1.20 bits per heavy atom. The van der Waals surface area contributed by atoms with Crippen LogP contribution in [0.1, 0.15) is 28.8 Å². The molecule has 0 aliphatic carbocycles. The van der Waals surface area contributed by atoms with Gasteiger partial charge in [0.15, 0.2) is 5.60 Å². The van der Waals surface area contributed by atoms with E-state index in [4.69, 9.17) is 16.3 Å². The summed E-state index contributed by atoms with van der Waals surface area (Å²) in [6.45, 7) is 0.968. The molecule has 1 unspecified atom stereocenters. The number of carbonyl (C=O) groups is 2. The highest BCUT2D eigenvalue weighted by Crippen LogP contribution is 2.42. The largest absolute Gasteiger partial charge is 0.449 e. The number of halogens is 1. The molecule has 2 aliphatic heterocycles. The summed E-state index contributed by atoms with van der Waals surface area (Å²) < 4.78 is 5.73. The van der Waals surface area contributed by atoms with Crippen LogP contribution < -0.4 is 5.32 Å². The van der Waals surface area contributed by atoms with Gasteiger partial charge in [-0.15, -0.1) is 0 Å². The maximum atomic E-state index is 12.6. The van der Waals surface area contributed by atoms with Crippen LogP contribution in [0.4, 0.5) is 10.5 Å². The number of hydrogen-bond acceptors (Lipinski definition) is 3. The standard InChI is InChI=1S/C19H17ClN2O3/c20-13-5-3-6-14(11-13)21-18(24)22-10-4-9-19(12-22)16-8-2-1-7-15(16)17(23)25-19/h1-3,5-8,11H,4,9-10,12H2,(H,21,24). The third-order valence-electron chi connectivity index (χ3n) is 4.74. The van der Waals surface area contributed by atoms with E-state index in [1.54, 1.807) is 35.2 Å². The lowest BCUT2D eigenvalue weighted by atomic mass is 9.85. The third kappa shape index (κ3) is 2.85. The topological polar surface area (TPSA) is 58.6 Å². The van der Waals surface area contributed by atoms with Crippen molar-refractivity contribution < 1.29 is 14.3 Å². The van der Waals surface area contributed by atoms with E-state index in [2.05, 4.69) is 5.32 Å². The molecule has 128 valence electrons. The average Bonchev–Trinajstić information content (AvgIpc) is 2.87. The SMILES string of the molecule is O=C1OC2(CCCN(C(=O)Nc3cccc(Cl)c3)C2)c2ccccc21. The van der Waals surface area contributed by atoms with Crippen molar-refractivity contribution in [3.8, 4) is 0 Å². The Hall–Kier alpha value is -2.53. The number of hydrogen-bond donors (Lipinski definition) is 1. The molecular formula is C19H17ClN2O3. The fourth-order valence-electron chi connectivity index (χ4n) is 3.61. The molecule has 4 rings (SSSR count). The first-order valence-corrected chi connectivity index (χ1v) is 8.60. The highest BCUT2D eigenvalue weighted by Gasteiger charge is 2.48. The molecule has 2 heterocycles. The summed E-state index contributed by atoms with van der Waals surface area (Å²) in [5.74, 6) is -0.312. The summed E-state index contributed by atoms with van der Waals surface area (Å²) in [5, 5.41) is 3.42. The van der Waals surface area contributed by atoms with Crippen molar-refractivity contribution in [1.82, 2.24) is 4.90 Å². The Bertz CT molecular complexity index is 854. The molecule has 25 heavy (non-hydrogen) atoms. The molecule has 1 N–H and O–H groups in total. The van der Waals surface area contributed by atoms with Crippen LogP contribution >= 0.6 is 11.6 Å². The summed E-state index contributed by atoms with van der Waals surface area (Å²) in [6.07, 6.45) is 1.49. The lowest BCUT2D eigenvalue weighted by Gasteiger charge is -2.39. The predicted octanol–water partition coefficient (Wildman–Crippen LogP) is 4.03. The minimum atomic E-state index is -0.738. The van der Waals surface area contributed by atoms with Gasteiger partial charge < -0.3 is 15.0 Å². The van der Waals surface area contributed by atoms with Crippen molar-refractivity contribution in [3.05, 3.63) is 64.7 Å². The molecule has 0 bridgehead atoms. The molecule has 2 aliphatic rings. The lowest BCUT2D eigenvalue weighted by Crippen LogP contribution is -2.50. The van der Waals surface area contributed by atoms with Crippen molar-refractivity contribution in [2.45, 2.75) is 18.4 Å². The van der Waals surface area contributed by atoms with Crippen molar-refractivity contribution in [3.63, 3.8) is 0 Å². The van der Waals surface area contributed by atoms with Crippen LogP contribution in [0.3, 0.4) is 0 Å². The van der Waals surface area contributed by atoms with E-state index >= 15 is 0 Å². The highest BCUT2D eigenvalue weighted by molar-refractivity contribution is 6.30. The van der Waals surface area contributed by atoms with E-state index < -0.39 is 5.60 Å². The molecule has 0 saturated carbocycles. The van der Waals surface area contributed by atoms with Gasteiger partial charge in [-0.05, 0) is 37.1 Å². The minimum Gasteiger partial charge on any atom is -0.449 e. The van der Waals surface area contributed by atoms with Gasteiger partial charge in [0.2, 0.25) is 0 Å². The smallest absolute Gasteiger partial charge is 0.339 e. The molecule has 1 spiro atoms. The fraction of sp³-hybridized carbons (Fsp3) is 0.263. The monoisotopic (exact) mass is 356 g/mol. The van der Waals surface area contributed by atoms with Gasteiger partial charge in [-0.3, -0.25) is 0 Å². The van der Waals surface area contributed by atoms with Crippen molar-refractivity contribution in [2.24, 2.45) is 0 Å². The molecule has 6 heteroatoms. The molecule has 2 amide bonds. The number of amides is 2. The first-order chi connectivity index (χ1) is 12.1. The molecule has 1 saturated heterocycles. The van der Waals surface area contributed by atoms with Crippen LogP contribution in [0.25, 0.3) is 0 Å². The van der Waals surface area contributed by atoms with Crippen LogP contribution in [-0.2, 0) is 10.3 Å². The highest BCUT2D eigenvalue weighted by atomic mass is 35.5. The van der Waals surface area contributed by atoms with Crippen LogP contribution in [0.5, 0.6) is 0 Å². The van der Waals surface area contributed by atoms with Crippen molar-refractivity contribution >= 4 is 29.3 Å². The quantitative estimate of drug-likeness (QED) is 0.785. The fourth-order valence-corrected chi connectivity index (χ4v) is 3.80. The van der Waals surface area contributed by atoms with Crippen LogP contribution in [-0.4, -0.2) is 30.0 Å². The van der Waals surface area contributed by atoms with Gasteiger partial charge in [-0.1, -0.05) is 35.9 Å². The number of rotatable bonds is 1. The van der Waals surface area contributed by atoms with Gasteiger partial charge in [0.1, 0.15) is 0 Å². The molecule has 2 aromatic carbocycles. The zero-order valence-electron chi connectivity index (χ0n) is 13.5. The number of ether oxygens (including phenoxy) is 1. The zero-order chi connectivity index (χ0) is 17.4. The van der Waals surface area contributed by atoms with Gasteiger partial charge in [0.05, 0.1) is 12.1 Å². The van der Waals surface area contributed by atoms with E-state index in [0.29, 0.717) is 29.4 Å². The summed E-state index contributed by atoms with van der Waals surface area (Å²) in [6, 6.07) is 14.2. The molecule has 1 atom stereocenters. The van der Waals surface area contributed by atoms with E-state index in [1.165, 1.54) is 0 Å². The number of carbonyl (C=O) groups excluding carboxylic acids is 2. The molecule has 0 aromatic heterocycles. The predicted molar refractivity (Wildman–Crippen MR) is 94.8 cm³/mol. The van der Waals surface area contributed by atoms with E-state index in [9.17, 15) is 9.59 Å². The number of fused-ring (bicyclic) bond motifs is 2. The molecule has 2 aromatic rings. The summed E-state index contributed by atoms with van der Waals surface area (Å²) in [5.41, 5.74) is 1.37. The number of nitrogens with zero attached hydrogens (tertiary/aromatic N) is 1. The number of urea groups is 1. The van der Waals surface area contributed by atoms with Gasteiger partial charge in [0, 0.05) is 22.8 Å². The second-order valence-corrected chi connectivity index (χ2v) is 6.83. The van der Waals surface area contributed by atoms with Crippen molar-refractivity contribution in [1.29, 1.82) is 0 Å². The molecule has 0 radical (unpaired) electrons. The Balaban J connectivity index is 1.56. The van der Waals surface area contributed by atoms with E-state index in [0.717, 1.165) is 18.4 Å². The molecular weight excluding hydrogens is 340 g/mol. The van der Waals surface area contributed by atoms with Gasteiger partial charge in [-0.25, -0.2) is 9.59 Å². The van der Waals surface area contributed by atoms with E-state index in [1.807, 2.05) is 18.2 Å². The first-order valence-electron chi connectivity index (χ1n) is 8.22. The number of nitrogens with one attached hydrogen (secondary N) is 1. The molecule has 1 fully saturated rings. The van der Waals surface area contributed by atoms with Crippen LogP contribution in [0.15, 0.2) is 48.5 Å². The average molecular weight is 357 g/mol. The van der Waals surface area contributed by atoms with Gasteiger partial charge in [0.25, 0.3) is 0 Å². The molecule has 5 nitrogen and oxygen atoms in total. The summed E-state index contributed by atoms with van der Waals surface area (Å²) >= 11 is 5.96. The number of likely N-dealkylation sites (tertiary alicyclic amines) is 1. The number of piperidine rings is 1. The number of esters is 1. The second-order valence-electron chi connectivity index (χ2n) is 6.40. The van der Waals surface area contributed by atoms with Gasteiger partial charge in [-0.2, -0.15) is 0 Å². The maximum Gasteiger partial charge on any atom is 0.339 e. The third-order valence-corrected chi connectivity index (χ3v) is 4.98.